The van der Waals surface area contributed by atoms with Crippen molar-refractivity contribution in [3.8, 4) is 11.5 Å². The van der Waals surface area contributed by atoms with E-state index in [1.807, 2.05) is 13.0 Å². The highest BCUT2D eigenvalue weighted by Crippen LogP contribution is 2.43. The lowest BCUT2D eigenvalue weighted by atomic mass is 9.96. The Balaban J connectivity index is 2.02. The summed E-state index contributed by atoms with van der Waals surface area (Å²) in [5, 5.41) is 9.97. The minimum atomic E-state index is -0.453. The lowest BCUT2D eigenvalue weighted by Gasteiger charge is -2.14. The Morgan fingerprint density at radius 1 is 1.25 bits per heavy atom. The van der Waals surface area contributed by atoms with E-state index < -0.39 is 5.60 Å². The van der Waals surface area contributed by atoms with Gasteiger partial charge in [-0.2, -0.15) is 0 Å². The Hall–Kier alpha value is -1.22. The van der Waals surface area contributed by atoms with E-state index in [0.717, 1.165) is 36.3 Å². The van der Waals surface area contributed by atoms with Crippen molar-refractivity contribution in [1.82, 2.24) is 0 Å². The van der Waals surface area contributed by atoms with Crippen LogP contribution in [0.15, 0.2) is 6.07 Å². The Kier molecular flexibility index (Phi) is 1.96. The maximum Gasteiger partial charge on any atom is 0.231 e. The van der Waals surface area contributed by atoms with Crippen molar-refractivity contribution in [2.45, 2.75) is 38.7 Å². The summed E-state index contributed by atoms with van der Waals surface area (Å²) in [7, 11) is 0. The molecular weight excluding hydrogens is 204 g/mol. The summed E-state index contributed by atoms with van der Waals surface area (Å²) in [6.07, 6.45) is 2.57. The molecule has 1 fully saturated rings. The van der Waals surface area contributed by atoms with Crippen molar-refractivity contribution in [1.29, 1.82) is 0 Å². The monoisotopic (exact) mass is 220 g/mol. The summed E-state index contributed by atoms with van der Waals surface area (Å²) in [6, 6.07) is 2.01. The molecule has 1 aliphatic heterocycles. The molecule has 0 aromatic heterocycles. The van der Waals surface area contributed by atoms with Crippen molar-refractivity contribution >= 4 is 0 Å². The number of hydrogen-bond acceptors (Lipinski definition) is 3. The van der Waals surface area contributed by atoms with Gasteiger partial charge in [0.2, 0.25) is 6.79 Å². The average molecular weight is 220 g/mol. The largest absolute Gasteiger partial charge is 0.454 e. The maximum atomic E-state index is 9.97. The summed E-state index contributed by atoms with van der Waals surface area (Å²) in [5.74, 6) is 1.69. The Bertz CT molecular complexity index is 447. The van der Waals surface area contributed by atoms with E-state index in [1.54, 1.807) is 0 Å². The van der Waals surface area contributed by atoms with Gasteiger partial charge < -0.3 is 14.6 Å². The molecule has 1 aliphatic carbocycles. The highest BCUT2D eigenvalue weighted by Gasteiger charge is 2.40. The highest BCUT2D eigenvalue weighted by atomic mass is 16.7. The fourth-order valence-corrected chi connectivity index (χ4v) is 2.23. The van der Waals surface area contributed by atoms with Gasteiger partial charge in [-0.1, -0.05) is 0 Å². The number of benzene rings is 1. The normalized spacial score (nSPS) is 19.9. The second-order valence-corrected chi connectivity index (χ2v) is 4.92. The quantitative estimate of drug-likeness (QED) is 0.829. The molecule has 1 heterocycles. The Labute approximate surface area is 95.0 Å². The lowest BCUT2D eigenvalue weighted by Crippen LogP contribution is -2.12. The van der Waals surface area contributed by atoms with E-state index >= 15 is 0 Å². The number of rotatable bonds is 2. The molecule has 1 aromatic rings. The van der Waals surface area contributed by atoms with E-state index in [2.05, 4.69) is 6.92 Å². The fraction of sp³-hybridized carbons (Fsp3) is 0.538. The van der Waals surface area contributed by atoms with Gasteiger partial charge >= 0.3 is 0 Å². The standard InChI is InChI=1S/C13H16O3/c1-8-9(2)12-11(15-7-16-12)5-10(8)6-13(14)3-4-13/h5,14H,3-4,6-7H2,1-2H3. The van der Waals surface area contributed by atoms with Crippen molar-refractivity contribution < 1.29 is 14.6 Å². The van der Waals surface area contributed by atoms with Gasteiger partial charge in [-0.25, -0.2) is 0 Å². The smallest absolute Gasteiger partial charge is 0.231 e. The zero-order chi connectivity index (χ0) is 11.3. The molecule has 0 unspecified atom stereocenters. The van der Waals surface area contributed by atoms with E-state index in [-0.39, 0.29) is 0 Å². The van der Waals surface area contributed by atoms with Crippen LogP contribution in [-0.4, -0.2) is 17.5 Å². The molecule has 3 heteroatoms. The van der Waals surface area contributed by atoms with Crippen LogP contribution in [0.2, 0.25) is 0 Å². The molecule has 0 spiro atoms. The van der Waals surface area contributed by atoms with Gasteiger partial charge in [0.15, 0.2) is 11.5 Å². The van der Waals surface area contributed by atoms with Gasteiger partial charge in [0.1, 0.15) is 0 Å². The van der Waals surface area contributed by atoms with Crippen LogP contribution < -0.4 is 9.47 Å². The first-order valence-electron chi connectivity index (χ1n) is 5.70. The molecule has 3 nitrogen and oxygen atoms in total. The zero-order valence-electron chi connectivity index (χ0n) is 9.67. The molecule has 1 aromatic carbocycles. The van der Waals surface area contributed by atoms with Gasteiger partial charge in [0.25, 0.3) is 0 Å². The SMILES string of the molecule is Cc1c(CC2(O)CC2)cc2c(c1C)OCO2. The summed E-state index contributed by atoms with van der Waals surface area (Å²) >= 11 is 0. The van der Waals surface area contributed by atoms with Gasteiger partial charge in [-0.3, -0.25) is 0 Å². The molecule has 16 heavy (non-hydrogen) atoms. The molecule has 0 bridgehead atoms. The van der Waals surface area contributed by atoms with E-state index in [0.29, 0.717) is 6.79 Å². The van der Waals surface area contributed by atoms with Crippen LogP contribution in [0.4, 0.5) is 0 Å². The van der Waals surface area contributed by atoms with Crippen molar-refractivity contribution in [3.63, 3.8) is 0 Å². The first-order chi connectivity index (χ1) is 7.59. The van der Waals surface area contributed by atoms with Crippen molar-refractivity contribution in [3.05, 3.63) is 22.8 Å². The van der Waals surface area contributed by atoms with Gasteiger partial charge in [-0.05, 0) is 49.4 Å². The second kappa shape index (κ2) is 3.14. The van der Waals surface area contributed by atoms with Gasteiger partial charge in [0, 0.05) is 6.42 Å². The highest BCUT2D eigenvalue weighted by molar-refractivity contribution is 5.55. The average Bonchev–Trinajstić information content (AvgIpc) is 2.79. The molecule has 0 atom stereocenters. The molecule has 1 N–H and O–H groups in total. The van der Waals surface area contributed by atoms with Crippen molar-refractivity contribution in [2.75, 3.05) is 6.79 Å². The first kappa shape index (κ1) is 9.97. The first-order valence-corrected chi connectivity index (χ1v) is 5.70. The summed E-state index contributed by atoms with van der Waals surface area (Å²) in [5.41, 5.74) is 3.07. The third kappa shape index (κ3) is 1.47. The number of hydrogen-bond donors (Lipinski definition) is 1. The lowest BCUT2D eigenvalue weighted by molar-refractivity contribution is 0.150. The van der Waals surface area contributed by atoms with Crippen LogP contribution in [0.3, 0.4) is 0 Å². The maximum absolute atomic E-state index is 9.97. The van der Waals surface area contributed by atoms with Crippen LogP contribution in [0.25, 0.3) is 0 Å². The third-order valence-electron chi connectivity index (χ3n) is 3.68. The molecule has 0 radical (unpaired) electrons. The predicted molar refractivity (Wildman–Crippen MR) is 59.9 cm³/mol. The second-order valence-electron chi connectivity index (χ2n) is 4.92. The molecule has 3 rings (SSSR count). The number of aliphatic hydroxyl groups is 1. The van der Waals surface area contributed by atoms with Crippen LogP contribution in [0.1, 0.15) is 29.5 Å². The number of ether oxygens (including phenoxy) is 2. The minimum absolute atomic E-state index is 0.309. The van der Waals surface area contributed by atoms with Crippen LogP contribution in [-0.2, 0) is 6.42 Å². The van der Waals surface area contributed by atoms with Crippen molar-refractivity contribution in [2.24, 2.45) is 0 Å². The fourth-order valence-electron chi connectivity index (χ4n) is 2.23. The molecule has 1 saturated carbocycles. The Morgan fingerprint density at radius 3 is 2.69 bits per heavy atom. The molecule has 0 saturated heterocycles. The van der Waals surface area contributed by atoms with E-state index in [1.165, 1.54) is 11.1 Å². The third-order valence-corrected chi connectivity index (χ3v) is 3.68. The molecular formula is C13H16O3. The predicted octanol–water partition coefficient (Wildman–Crippen LogP) is 2.10. The van der Waals surface area contributed by atoms with Gasteiger partial charge in [-0.15, -0.1) is 0 Å². The van der Waals surface area contributed by atoms with Crippen LogP contribution in [0.5, 0.6) is 11.5 Å². The summed E-state index contributed by atoms with van der Waals surface area (Å²) in [4.78, 5) is 0. The molecule has 0 amide bonds. The minimum Gasteiger partial charge on any atom is -0.454 e. The topological polar surface area (TPSA) is 38.7 Å². The van der Waals surface area contributed by atoms with Gasteiger partial charge in [0.05, 0.1) is 5.60 Å². The van der Waals surface area contributed by atoms with Crippen LogP contribution >= 0.6 is 0 Å². The van der Waals surface area contributed by atoms with E-state index in [4.69, 9.17) is 9.47 Å². The molecule has 86 valence electrons. The van der Waals surface area contributed by atoms with E-state index in [9.17, 15) is 5.11 Å². The Morgan fingerprint density at radius 2 is 2.00 bits per heavy atom. The molecule has 2 aliphatic rings. The summed E-state index contributed by atoms with van der Waals surface area (Å²) in [6.45, 7) is 4.44. The summed E-state index contributed by atoms with van der Waals surface area (Å²) < 4.78 is 10.8. The zero-order valence-corrected chi connectivity index (χ0v) is 9.67. The number of fused-ring (bicyclic) bond motifs is 1. The van der Waals surface area contributed by atoms with Crippen LogP contribution in [0, 0.1) is 13.8 Å².